The predicted molar refractivity (Wildman–Crippen MR) is 67.2 cm³/mol. The molecule has 0 amide bonds. The van der Waals surface area contributed by atoms with E-state index in [1.165, 1.54) is 33.0 Å². The second kappa shape index (κ2) is 3.67. The molecule has 15 heavy (non-hydrogen) atoms. The Balaban J connectivity index is 2.20. The maximum absolute atomic E-state index is 2.35. The van der Waals surface area contributed by atoms with Gasteiger partial charge in [0.25, 0.3) is 0 Å². The van der Waals surface area contributed by atoms with Crippen LogP contribution in [-0.2, 0) is 0 Å². The number of benzene rings is 1. The number of hydrogen-bond acceptors (Lipinski definition) is 1. The Hall–Kier alpha value is -1.34. The summed E-state index contributed by atoms with van der Waals surface area (Å²) < 4.78 is 1.44. The van der Waals surface area contributed by atoms with Crippen molar-refractivity contribution in [3.05, 3.63) is 46.1 Å². The SMILES string of the molecule is C1=c2cc(-c3ccccc3)sc2=CCC1. The van der Waals surface area contributed by atoms with E-state index < -0.39 is 0 Å². The van der Waals surface area contributed by atoms with E-state index in [0.29, 0.717) is 0 Å². The first-order valence-electron chi connectivity index (χ1n) is 5.29. The van der Waals surface area contributed by atoms with Crippen molar-refractivity contribution in [3.8, 4) is 10.4 Å². The highest BCUT2D eigenvalue weighted by Crippen LogP contribution is 2.20. The minimum atomic E-state index is 1.19. The fourth-order valence-corrected chi connectivity index (χ4v) is 3.07. The molecule has 2 aromatic rings. The van der Waals surface area contributed by atoms with Gasteiger partial charge < -0.3 is 0 Å². The summed E-state index contributed by atoms with van der Waals surface area (Å²) in [5.74, 6) is 0. The number of thiophene rings is 1. The number of fused-ring (bicyclic) bond motifs is 1. The summed E-state index contributed by atoms with van der Waals surface area (Å²) in [7, 11) is 0. The fraction of sp³-hybridized carbons (Fsp3) is 0.143. The third-order valence-corrected chi connectivity index (χ3v) is 3.91. The van der Waals surface area contributed by atoms with Crippen LogP contribution in [0.4, 0.5) is 0 Å². The molecule has 1 aliphatic carbocycles. The molecule has 0 radical (unpaired) electrons. The lowest BCUT2D eigenvalue weighted by Crippen LogP contribution is -2.19. The maximum Gasteiger partial charge on any atom is 0.0355 e. The van der Waals surface area contributed by atoms with Crippen molar-refractivity contribution in [2.75, 3.05) is 0 Å². The molecule has 74 valence electrons. The molecule has 0 N–H and O–H groups in total. The molecular formula is C14H12S. The minimum Gasteiger partial charge on any atom is -0.136 e. The highest BCUT2D eigenvalue weighted by Gasteiger charge is 2.02. The van der Waals surface area contributed by atoms with Crippen LogP contribution in [0.5, 0.6) is 0 Å². The second-order valence-corrected chi connectivity index (χ2v) is 4.87. The molecule has 0 nitrogen and oxygen atoms in total. The summed E-state index contributed by atoms with van der Waals surface area (Å²) in [6.45, 7) is 0. The van der Waals surface area contributed by atoms with Crippen molar-refractivity contribution in [3.63, 3.8) is 0 Å². The average Bonchev–Trinajstić information content (AvgIpc) is 2.74. The summed E-state index contributed by atoms with van der Waals surface area (Å²) >= 11 is 1.90. The molecule has 0 spiro atoms. The highest BCUT2D eigenvalue weighted by atomic mass is 32.1. The summed E-state index contributed by atoms with van der Waals surface area (Å²) in [4.78, 5) is 1.38. The Labute approximate surface area is 93.2 Å². The lowest BCUT2D eigenvalue weighted by molar-refractivity contribution is 1.13. The first-order chi connectivity index (χ1) is 7.43. The van der Waals surface area contributed by atoms with Crippen molar-refractivity contribution in [2.45, 2.75) is 12.8 Å². The van der Waals surface area contributed by atoms with Crippen molar-refractivity contribution in [1.82, 2.24) is 0 Å². The summed E-state index contributed by atoms with van der Waals surface area (Å²) in [5, 5.41) is 1.42. The van der Waals surface area contributed by atoms with Gasteiger partial charge in [-0.05, 0) is 29.7 Å². The van der Waals surface area contributed by atoms with Gasteiger partial charge in [-0.3, -0.25) is 0 Å². The molecule has 1 heterocycles. The average molecular weight is 212 g/mol. The van der Waals surface area contributed by atoms with Gasteiger partial charge in [-0.1, -0.05) is 42.5 Å². The van der Waals surface area contributed by atoms with Crippen LogP contribution in [0.25, 0.3) is 22.6 Å². The van der Waals surface area contributed by atoms with Gasteiger partial charge in [-0.2, -0.15) is 0 Å². The van der Waals surface area contributed by atoms with Crippen molar-refractivity contribution in [1.29, 1.82) is 0 Å². The van der Waals surface area contributed by atoms with E-state index in [0.717, 1.165) is 0 Å². The molecule has 1 aromatic heterocycles. The first kappa shape index (κ1) is 8.93. The molecule has 0 fully saturated rings. The molecule has 3 rings (SSSR count). The van der Waals surface area contributed by atoms with E-state index >= 15 is 0 Å². The number of rotatable bonds is 1. The Morgan fingerprint density at radius 2 is 1.73 bits per heavy atom. The van der Waals surface area contributed by atoms with Crippen LogP contribution in [0.3, 0.4) is 0 Å². The van der Waals surface area contributed by atoms with Crippen molar-refractivity contribution >= 4 is 23.5 Å². The third-order valence-electron chi connectivity index (χ3n) is 2.71. The molecular weight excluding hydrogens is 200 g/mol. The molecule has 0 saturated carbocycles. The molecule has 0 saturated heterocycles. The smallest absolute Gasteiger partial charge is 0.0355 e. The minimum absolute atomic E-state index is 1.19. The van der Waals surface area contributed by atoms with Gasteiger partial charge in [0, 0.05) is 9.41 Å². The largest absolute Gasteiger partial charge is 0.136 e. The molecule has 0 aliphatic heterocycles. The zero-order chi connectivity index (χ0) is 10.1. The van der Waals surface area contributed by atoms with Crippen LogP contribution < -0.4 is 9.75 Å². The highest BCUT2D eigenvalue weighted by molar-refractivity contribution is 7.13. The normalized spacial score (nSPS) is 13.9. The Bertz CT molecular complexity index is 542. The number of hydrogen-bond donors (Lipinski definition) is 0. The van der Waals surface area contributed by atoms with E-state index in [1.54, 1.807) is 0 Å². The molecule has 0 bridgehead atoms. The zero-order valence-corrected chi connectivity index (χ0v) is 9.26. The predicted octanol–water partition coefficient (Wildman–Crippen LogP) is 2.77. The lowest BCUT2D eigenvalue weighted by atomic mass is 10.1. The molecule has 1 heteroatoms. The van der Waals surface area contributed by atoms with Crippen LogP contribution in [0.15, 0.2) is 36.4 Å². The van der Waals surface area contributed by atoms with Crippen LogP contribution in [0.2, 0.25) is 0 Å². The molecule has 1 aromatic carbocycles. The fourth-order valence-electron chi connectivity index (χ4n) is 1.94. The Morgan fingerprint density at radius 3 is 2.53 bits per heavy atom. The maximum atomic E-state index is 2.35. The van der Waals surface area contributed by atoms with Crippen molar-refractivity contribution < 1.29 is 0 Å². The van der Waals surface area contributed by atoms with Crippen LogP contribution in [0.1, 0.15) is 12.8 Å². The third kappa shape index (κ3) is 1.64. The van der Waals surface area contributed by atoms with Crippen LogP contribution in [-0.4, -0.2) is 0 Å². The van der Waals surface area contributed by atoms with Gasteiger partial charge in [-0.25, -0.2) is 0 Å². The van der Waals surface area contributed by atoms with Crippen LogP contribution >= 0.6 is 11.3 Å². The van der Waals surface area contributed by atoms with E-state index in [-0.39, 0.29) is 0 Å². The van der Waals surface area contributed by atoms with Gasteiger partial charge in [-0.15, -0.1) is 11.3 Å². The Morgan fingerprint density at radius 1 is 0.933 bits per heavy atom. The topological polar surface area (TPSA) is 0 Å². The standard InChI is InChI=1S/C14H12S/c1-2-6-11(7-3-1)14-10-12-8-4-5-9-13(12)15-14/h1-3,6-10H,4-5H2. The van der Waals surface area contributed by atoms with E-state index in [4.69, 9.17) is 0 Å². The van der Waals surface area contributed by atoms with E-state index in [1.807, 2.05) is 11.3 Å². The molecule has 0 unspecified atom stereocenters. The summed E-state index contributed by atoms with van der Waals surface area (Å²) in [6, 6.07) is 12.9. The zero-order valence-electron chi connectivity index (χ0n) is 8.44. The molecule has 0 atom stereocenters. The molecule has 1 aliphatic rings. The summed E-state index contributed by atoms with van der Waals surface area (Å²) in [5.41, 5.74) is 1.33. The van der Waals surface area contributed by atoms with Gasteiger partial charge in [0.15, 0.2) is 0 Å². The Kier molecular flexibility index (Phi) is 2.18. The van der Waals surface area contributed by atoms with Gasteiger partial charge in [0.05, 0.1) is 0 Å². The van der Waals surface area contributed by atoms with E-state index in [9.17, 15) is 0 Å². The lowest BCUT2D eigenvalue weighted by Gasteiger charge is -1.93. The van der Waals surface area contributed by atoms with Crippen molar-refractivity contribution in [2.24, 2.45) is 0 Å². The first-order valence-corrected chi connectivity index (χ1v) is 6.11. The van der Waals surface area contributed by atoms with E-state index in [2.05, 4.69) is 48.6 Å². The quantitative estimate of drug-likeness (QED) is 0.682. The monoisotopic (exact) mass is 212 g/mol. The van der Waals surface area contributed by atoms with Gasteiger partial charge >= 0.3 is 0 Å². The second-order valence-electron chi connectivity index (χ2n) is 3.78. The summed E-state index contributed by atoms with van der Waals surface area (Å²) in [6.07, 6.45) is 7.09. The van der Waals surface area contributed by atoms with Crippen LogP contribution in [0, 0.1) is 0 Å². The van der Waals surface area contributed by atoms with Gasteiger partial charge in [0.1, 0.15) is 0 Å². The van der Waals surface area contributed by atoms with Gasteiger partial charge in [0.2, 0.25) is 0 Å².